The Bertz CT molecular complexity index is 2780. The summed E-state index contributed by atoms with van der Waals surface area (Å²) >= 11 is 14.2. The summed E-state index contributed by atoms with van der Waals surface area (Å²) in [5, 5.41) is 12.6. The number of thiophene rings is 1. The Balaban J connectivity index is 0.992. The van der Waals surface area contributed by atoms with Gasteiger partial charge in [-0.2, -0.15) is 0 Å². The summed E-state index contributed by atoms with van der Waals surface area (Å²) in [7, 11) is -4.93. The normalized spacial score (nSPS) is 17.4. The van der Waals surface area contributed by atoms with Gasteiger partial charge in [0.15, 0.2) is 5.75 Å². The number of rotatable bonds is 20. The van der Waals surface area contributed by atoms with Crippen molar-refractivity contribution in [3.63, 3.8) is 0 Å². The van der Waals surface area contributed by atoms with Crippen LogP contribution >= 0.6 is 42.4 Å². The molecule has 17 nitrogen and oxygen atoms in total. The maximum atomic E-state index is 14.1. The monoisotopic (exact) mass is 1020 g/mol. The molecule has 4 atom stereocenters. The molecular weight excluding hydrogens is 971 g/mol. The Hall–Kier alpha value is -5.36. The Labute approximate surface area is 413 Å². The SMILES string of the molecule is Cc1csc2c(OP(=O)(O)O)cc3c(c12)[C@H](CCl)CN3C(=O)CCCC(=O)N1C[C@@H](CCl)c2c1cc(NC(=O)C(C)NC(=O)C(NC(=O)CCCCCN1C(=O)C=CC1=O)C(C)C)c1ccccc21. The van der Waals surface area contributed by atoms with E-state index in [0.29, 0.717) is 46.4 Å². The Kier molecular flexibility index (Phi) is 16.2. The summed E-state index contributed by atoms with van der Waals surface area (Å²) in [6.07, 6.45) is 4.38. The maximum Gasteiger partial charge on any atom is 0.524 e. The number of hydrogen-bond acceptors (Lipinski definition) is 10. The molecule has 0 bridgehead atoms. The van der Waals surface area contributed by atoms with Gasteiger partial charge >= 0.3 is 7.82 Å². The Morgan fingerprint density at radius 2 is 1.42 bits per heavy atom. The van der Waals surface area contributed by atoms with Gasteiger partial charge in [0.2, 0.25) is 29.5 Å². The second-order valence-electron chi connectivity index (χ2n) is 18.0. The lowest BCUT2D eigenvalue weighted by molar-refractivity contribution is -0.137. The third kappa shape index (κ3) is 11.3. The second kappa shape index (κ2) is 21.7. The third-order valence-electron chi connectivity index (χ3n) is 12.7. The van der Waals surface area contributed by atoms with Gasteiger partial charge in [-0.3, -0.25) is 48.2 Å². The van der Waals surface area contributed by atoms with Crippen molar-refractivity contribution in [1.29, 1.82) is 0 Å². The number of anilines is 3. The van der Waals surface area contributed by atoms with E-state index in [1.165, 1.54) is 36.5 Å². The second-order valence-corrected chi connectivity index (χ2v) is 20.6. The maximum absolute atomic E-state index is 14.1. The minimum Gasteiger partial charge on any atom is -0.403 e. The molecule has 1 aromatic heterocycles. The molecule has 7 amide bonds. The largest absolute Gasteiger partial charge is 0.524 e. The van der Waals surface area contributed by atoms with E-state index in [-0.39, 0.29) is 110 Å². The highest BCUT2D eigenvalue weighted by Crippen LogP contribution is 2.52. The molecule has 21 heteroatoms. The number of aryl methyl sites for hydroxylation is 1. The average molecular weight is 1030 g/mol. The minimum absolute atomic E-state index is 0.00118. The number of nitrogens with zero attached hydrogens (tertiary/aromatic N) is 3. The van der Waals surface area contributed by atoms with Crippen LogP contribution in [0.1, 0.15) is 94.2 Å². The van der Waals surface area contributed by atoms with Crippen molar-refractivity contribution in [3.8, 4) is 5.75 Å². The Morgan fingerprint density at radius 3 is 2.03 bits per heavy atom. The van der Waals surface area contributed by atoms with Crippen molar-refractivity contribution < 1.29 is 52.4 Å². The van der Waals surface area contributed by atoms with E-state index in [1.807, 2.05) is 36.6 Å². The summed E-state index contributed by atoms with van der Waals surface area (Å²) in [6.45, 7) is 7.75. The first-order valence-electron chi connectivity index (χ1n) is 22.8. The van der Waals surface area contributed by atoms with Crippen LogP contribution in [-0.4, -0.2) is 99.5 Å². The van der Waals surface area contributed by atoms with Gasteiger partial charge in [-0.15, -0.1) is 34.5 Å². The topological polar surface area (TPSA) is 232 Å². The fourth-order valence-corrected chi connectivity index (χ4v) is 11.3. The van der Waals surface area contributed by atoms with Crippen LogP contribution in [0.4, 0.5) is 17.1 Å². The molecule has 69 heavy (non-hydrogen) atoms. The fraction of sp³-hybridized carbons (Fsp3) is 0.438. The lowest BCUT2D eigenvalue weighted by Crippen LogP contribution is -2.53. The van der Waals surface area contributed by atoms with E-state index in [4.69, 9.17) is 27.7 Å². The molecule has 2 unspecified atom stereocenters. The zero-order valence-electron chi connectivity index (χ0n) is 38.6. The van der Waals surface area contributed by atoms with Crippen LogP contribution in [0.3, 0.4) is 0 Å². The molecule has 3 aliphatic heterocycles. The van der Waals surface area contributed by atoms with Crippen LogP contribution in [-0.2, 0) is 38.1 Å². The van der Waals surface area contributed by atoms with E-state index in [0.717, 1.165) is 32.4 Å². The van der Waals surface area contributed by atoms with Crippen LogP contribution in [0.5, 0.6) is 5.75 Å². The molecule has 0 saturated carbocycles. The van der Waals surface area contributed by atoms with Crippen molar-refractivity contribution >= 4 is 122 Å². The summed E-state index contributed by atoms with van der Waals surface area (Å²) in [5.74, 6) is -3.08. The number of hydrogen-bond donors (Lipinski definition) is 5. The summed E-state index contributed by atoms with van der Waals surface area (Å²) in [6, 6.07) is 8.67. The number of nitrogens with one attached hydrogen (secondary N) is 3. The minimum atomic E-state index is -4.93. The zero-order valence-corrected chi connectivity index (χ0v) is 41.8. The number of unbranched alkanes of at least 4 members (excludes halogenated alkanes) is 2. The summed E-state index contributed by atoms with van der Waals surface area (Å²) < 4.78 is 17.6. The molecule has 7 rings (SSSR count). The van der Waals surface area contributed by atoms with Crippen molar-refractivity contribution in [3.05, 3.63) is 70.6 Å². The molecule has 4 heterocycles. The molecular formula is C48H55Cl2N6O11PS. The van der Waals surface area contributed by atoms with Gasteiger partial charge < -0.3 is 30.3 Å². The number of carbonyl (C=O) groups is 7. The number of carbonyl (C=O) groups excluding carboxylic acids is 7. The highest BCUT2D eigenvalue weighted by Gasteiger charge is 2.38. The predicted octanol–water partition coefficient (Wildman–Crippen LogP) is 7.11. The zero-order chi connectivity index (χ0) is 49.9. The fourth-order valence-electron chi connectivity index (χ4n) is 9.31. The lowest BCUT2D eigenvalue weighted by atomic mass is 9.95. The van der Waals surface area contributed by atoms with Crippen LogP contribution in [0.25, 0.3) is 20.9 Å². The first-order chi connectivity index (χ1) is 32.8. The number of halogens is 2. The molecule has 0 saturated heterocycles. The Morgan fingerprint density at radius 1 is 0.812 bits per heavy atom. The van der Waals surface area contributed by atoms with Crippen LogP contribution < -0.4 is 30.3 Å². The lowest BCUT2D eigenvalue weighted by Gasteiger charge is -2.24. The third-order valence-corrected chi connectivity index (χ3v) is 15.0. The molecule has 3 aliphatic rings. The first kappa shape index (κ1) is 51.5. The number of benzene rings is 3. The number of alkyl halides is 2. The molecule has 3 aromatic carbocycles. The van der Waals surface area contributed by atoms with Gasteiger partial charge in [0.05, 0.1) is 16.1 Å². The number of phosphoric acid groups is 1. The molecule has 0 fully saturated rings. The molecule has 0 aliphatic carbocycles. The van der Waals surface area contributed by atoms with E-state index < -0.39 is 31.7 Å². The van der Waals surface area contributed by atoms with Crippen LogP contribution in [0, 0.1) is 12.8 Å². The molecule has 0 spiro atoms. The number of phosphoric ester groups is 1. The summed E-state index contributed by atoms with van der Waals surface area (Å²) in [4.78, 5) is 115. The van der Waals surface area contributed by atoms with E-state index >= 15 is 0 Å². The van der Waals surface area contributed by atoms with E-state index in [1.54, 1.807) is 29.7 Å². The molecule has 4 aromatic rings. The van der Waals surface area contributed by atoms with Crippen molar-refractivity contribution in [2.75, 3.05) is 46.5 Å². The highest BCUT2D eigenvalue weighted by molar-refractivity contribution is 7.46. The first-order valence-corrected chi connectivity index (χ1v) is 26.3. The highest BCUT2D eigenvalue weighted by atomic mass is 35.5. The van der Waals surface area contributed by atoms with E-state index in [9.17, 15) is 47.9 Å². The standard InChI is InChI=1S/C48H55Cl2N6O11PS/c1-26(2)45(53-37(57)13-6-5-9-18-54-40(60)16-17-41(54)61)48(63)51-28(4)47(62)52-33-19-34-43(32-12-8-7-11-31(32)33)29(21-49)23-55(34)38(58)14-10-15-39(59)56-24-30(22-50)44-35(56)20-36(67-68(64,65)66)46-42(44)27(3)25-69-46/h7-8,11-12,16-17,19-20,25-26,28-30,45H,5-6,9-10,13-15,18,21-24H2,1-4H3,(H,51,63)(H,52,62)(H,53,57)(H2,64,65,66)/t28?,29-,30-,45?/m1/s1. The average Bonchev–Trinajstić information content (AvgIpc) is 4.07. The molecule has 0 radical (unpaired) electrons. The van der Waals surface area contributed by atoms with Crippen LogP contribution in [0.15, 0.2) is 53.9 Å². The van der Waals surface area contributed by atoms with Gasteiger partial charge in [-0.25, -0.2) is 4.57 Å². The predicted molar refractivity (Wildman–Crippen MR) is 266 cm³/mol. The van der Waals surface area contributed by atoms with Gasteiger partial charge in [0.1, 0.15) is 12.1 Å². The van der Waals surface area contributed by atoms with Crippen molar-refractivity contribution in [2.45, 2.75) is 96.6 Å². The van der Waals surface area contributed by atoms with Gasteiger partial charge in [-0.05, 0) is 72.6 Å². The number of amides is 7. The smallest absolute Gasteiger partial charge is 0.403 e. The molecule has 5 N–H and O–H groups in total. The van der Waals surface area contributed by atoms with Gasteiger partial charge in [0, 0.05) is 97.2 Å². The van der Waals surface area contributed by atoms with Crippen LogP contribution in [0.2, 0.25) is 0 Å². The number of fused-ring (bicyclic) bond motifs is 6. The summed E-state index contributed by atoms with van der Waals surface area (Å²) in [5.41, 5.74) is 3.94. The van der Waals surface area contributed by atoms with E-state index in [2.05, 4.69) is 16.0 Å². The van der Waals surface area contributed by atoms with Crippen molar-refractivity contribution in [1.82, 2.24) is 15.5 Å². The van der Waals surface area contributed by atoms with Crippen molar-refractivity contribution in [2.24, 2.45) is 5.92 Å². The van der Waals surface area contributed by atoms with Gasteiger partial charge in [-0.1, -0.05) is 44.5 Å². The van der Waals surface area contributed by atoms with Gasteiger partial charge in [0.25, 0.3) is 11.8 Å². The molecule has 368 valence electrons. The quantitative estimate of drug-likeness (QED) is 0.0259. The number of imide groups is 1.